The van der Waals surface area contributed by atoms with Crippen molar-refractivity contribution in [3.8, 4) is 5.75 Å². The lowest BCUT2D eigenvalue weighted by Crippen LogP contribution is -2.04. The van der Waals surface area contributed by atoms with E-state index >= 15 is 0 Å². The van der Waals surface area contributed by atoms with E-state index in [0.29, 0.717) is 17.9 Å². The number of anilines is 1. The molecule has 0 unspecified atom stereocenters. The highest BCUT2D eigenvalue weighted by Crippen LogP contribution is 2.27. The largest absolute Gasteiger partial charge is 0.495 e. The summed E-state index contributed by atoms with van der Waals surface area (Å²) in [6.07, 6.45) is 0. The number of methoxy groups -OCH3 is 1. The molecule has 6 heteroatoms. The number of halogens is 1. The van der Waals surface area contributed by atoms with Gasteiger partial charge in [-0.15, -0.1) is 0 Å². The minimum atomic E-state index is -0.383. The summed E-state index contributed by atoms with van der Waals surface area (Å²) in [5.41, 5.74) is 1.50. The van der Waals surface area contributed by atoms with E-state index < -0.39 is 0 Å². The second-order valence-electron chi connectivity index (χ2n) is 4.08. The Hall–Kier alpha value is -2.08. The molecule has 0 aliphatic heterocycles. The minimum absolute atomic E-state index is 0.0931. The standard InChI is InChI=1S/C14H13BrN2O3/c1-20-14-5-3-2-4-12(14)16-9-10-8-11(15)6-7-13(10)17(18)19/h2-8,16H,9H2,1H3. The van der Waals surface area contributed by atoms with Crippen molar-refractivity contribution < 1.29 is 9.66 Å². The van der Waals surface area contributed by atoms with Crippen LogP contribution in [-0.2, 0) is 6.54 Å². The van der Waals surface area contributed by atoms with Crippen molar-refractivity contribution in [1.82, 2.24) is 0 Å². The Morgan fingerprint density at radius 3 is 2.75 bits per heavy atom. The molecule has 20 heavy (non-hydrogen) atoms. The smallest absolute Gasteiger partial charge is 0.274 e. The monoisotopic (exact) mass is 336 g/mol. The minimum Gasteiger partial charge on any atom is -0.495 e. The maximum absolute atomic E-state index is 11.0. The van der Waals surface area contributed by atoms with Crippen LogP contribution in [0.2, 0.25) is 0 Å². The fraction of sp³-hybridized carbons (Fsp3) is 0.143. The lowest BCUT2D eigenvalue weighted by Gasteiger charge is -2.11. The van der Waals surface area contributed by atoms with Gasteiger partial charge in [0.15, 0.2) is 0 Å². The van der Waals surface area contributed by atoms with Crippen LogP contribution in [0.1, 0.15) is 5.56 Å². The molecule has 0 heterocycles. The first-order valence-corrected chi connectivity index (χ1v) is 6.71. The van der Waals surface area contributed by atoms with Crippen LogP contribution in [0.4, 0.5) is 11.4 Å². The Bertz CT molecular complexity index is 632. The van der Waals surface area contributed by atoms with Gasteiger partial charge < -0.3 is 10.1 Å². The summed E-state index contributed by atoms with van der Waals surface area (Å²) in [5, 5.41) is 14.2. The summed E-state index contributed by atoms with van der Waals surface area (Å²) < 4.78 is 6.04. The van der Waals surface area contributed by atoms with Crippen LogP contribution in [0, 0.1) is 10.1 Å². The van der Waals surface area contributed by atoms with Gasteiger partial charge in [0, 0.05) is 22.6 Å². The first-order chi connectivity index (χ1) is 9.61. The summed E-state index contributed by atoms with van der Waals surface area (Å²) in [4.78, 5) is 10.6. The molecule has 0 aromatic heterocycles. The topological polar surface area (TPSA) is 64.4 Å². The summed E-state index contributed by atoms with van der Waals surface area (Å²) in [6, 6.07) is 12.3. The highest BCUT2D eigenvalue weighted by atomic mass is 79.9. The van der Waals surface area contributed by atoms with Gasteiger partial charge in [-0.05, 0) is 24.3 Å². The predicted octanol–water partition coefficient (Wildman–Crippen LogP) is 3.98. The fourth-order valence-corrected chi connectivity index (χ4v) is 2.26. The third-order valence-corrected chi connectivity index (χ3v) is 3.31. The van der Waals surface area contributed by atoms with E-state index in [1.807, 2.05) is 24.3 Å². The van der Waals surface area contributed by atoms with Gasteiger partial charge in [-0.1, -0.05) is 28.1 Å². The predicted molar refractivity (Wildman–Crippen MR) is 81.1 cm³/mol. The number of hydrogen-bond donors (Lipinski definition) is 1. The molecule has 1 N–H and O–H groups in total. The van der Waals surface area contributed by atoms with Crippen LogP contribution >= 0.6 is 15.9 Å². The van der Waals surface area contributed by atoms with E-state index in [1.165, 1.54) is 6.07 Å². The zero-order chi connectivity index (χ0) is 14.5. The molecule has 0 spiro atoms. The van der Waals surface area contributed by atoms with Gasteiger partial charge in [0.2, 0.25) is 0 Å². The Morgan fingerprint density at radius 1 is 1.30 bits per heavy atom. The summed E-state index contributed by atoms with van der Waals surface area (Å²) in [7, 11) is 1.59. The molecule has 0 amide bonds. The van der Waals surface area contributed by atoms with Gasteiger partial charge in [0.1, 0.15) is 5.75 Å². The molecule has 0 atom stereocenters. The van der Waals surface area contributed by atoms with Crippen molar-refractivity contribution in [3.63, 3.8) is 0 Å². The first kappa shape index (κ1) is 14.3. The molecule has 0 saturated heterocycles. The second kappa shape index (κ2) is 6.38. The summed E-state index contributed by atoms with van der Waals surface area (Å²) >= 11 is 3.32. The molecule has 0 fully saturated rings. The summed E-state index contributed by atoms with van der Waals surface area (Å²) in [6.45, 7) is 0.343. The number of hydrogen-bond acceptors (Lipinski definition) is 4. The van der Waals surface area contributed by atoms with Crippen molar-refractivity contribution in [3.05, 3.63) is 62.6 Å². The average molecular weight is 337 g/mol. The van der Waals surface area contributed by atoms with E-state index in [-0.39, 0.29) is 10.6 Å². The van der Waals surface area contributed by atoms with Crippen LogP contribution in [-0.4, -0.2) is 12.0 Å². The maximum atomic E-state index is 11.0. The number of benzene rings is 2. The molecule has 2 aromatic carbocycles. The van der Waals surface area contributed by atoms with Crippen LogP contribution in [0.5, 0.6) is 5.75 Å². The molecule has 0 radical (unpaired) electrons. The van der Waals surface area contributed by atoms with Crippen molar-refractivity contribution in [2.24, 2.45) is 0 Å². The molecule has 2 rings (SSSR count). The number of nitrogens with one attached hydrogen (secondary N) is 1. The lowest BCUT2D eigenvalue weighted by molar-refractivity contribution is -0.385. The third kappa shape index (κ3) is 3.27. The Morgan fingerprint density at radius 2 is 2.05 bits per heavy atom. The van der Waals surface area contributed by atoms with Crippen molar-refractivity contribution in [2.45, 2.75) is 6.54 Å². The number of nitro benzene ring substituents is 1. The van der Waals surface area contributed by atoms with Crippen LogP contribution in [0.25, 0.3) is 0 Å². The van der Waals surface area contributed by atoms with Crippen LogP contribution in [0.15, 0.2) is 46.9 Å². The molecular formula is C14H13BrN2O3. The second-order valence-corrected chi connectivity index (χ2v) is 5.00. The van der Waals surface area contributed by atoms with E-state index in [4.69, 9.17) is 4.74 Å². The SMILES string of the molecule is COc1ccccc1NCc1cc(Br)ccc1[N+](=O)[O-]. The number of nitro groups is 1. The van der Waals surface area contributed by atoms with E-state index in [2.05, 4.69) is 21.2 Å². The maximum Gasteiger partial charge on any atom is 0.274 e. The van der Waals surface area contributed by atoms with Gasteiger partial charge in [0.25, 0.3) is 5.69 Å². The van der Waals surface area contributed by atoms with Crippen molar-refractivity contribution in [1.29, 1.82) is 0 Å². The van der Waals surface area contributed by atoms with Gasteiger partial charge in [-0.25, -0.2) is 0 Å². The summed E-state index contributed by atoms with van der Waals surface area (Å²) in [5.74, 6) is 0.699. The molecule has 104 valence electrons. The van der Waals surface area contributed by atoms with E-state index in [9.17, 15) is 10.1 Å². The van der Waals surface area contributed by atoms with Crippen molar-refractivity contribution in [2.75, 3.05) is 12.4 Å². The molecule has 5 nitrogen and oxygen atoms in total. The van der Waals surface area contributed by atoms with E-state index in [1.54, 1.807) is 19.2 Å². The van der Waals surface area contributed by atoms with Gasteiger partial charge in [-0.2, -0.15) is 0 Å². The number of ether oxygens (including phenoxy) is 1. The van der Waals surface area contributed by atoms with Gasteiger partial charge in [0.05, 0.1) is 17.7 Å². The average Bonchev–Trinajstić information content (AvgIpc) is 2.45. The number of nitrogens with zero attached hydrogens (tertiary/aromatic N) is 1. The Labute approximate surface area is 124 Å². The number of rotatable bonds is 5. The molecule has 0 saturated carbocycles. The molecule has 0 bridgehead atoms. The molecule has 0 aliphatic carbocycles. The number of para-hydroxylation sites is 2. The fourth-order valence-electron chi connectivity index (χ4n) is 1.85. The van der Waals surface area contributed by atoms with Gasteiger partial charge in [-0.3, -0.25) is 10.1 Å². The quantitative estimate of drug-likeness (QED) is 0.662. The van der Waals surface area contributed by atoms with E-state index in [0.717, 1.165) is 10.2 Å². The Kier molecular flexibility index (Phi) is 4.57. The third-order valence-electron chi connectivity index (χ3n) is 2.81. The normalized spacial score (nSPS) is 10.1. The zero-order valence-corrected chi connectivity index (χ0v) is 12.4. The lowest BCUT2D eigenvalue weighted by atomic mass is 10.1. The first-order valence-electron chi connectivity index (χ1n) is 5.91. The highest BCUT2D eigenvalue weighted by molar-refractivity contribution is 9.10. The van der Waals surface area contributed by atoms with Crippen molar-refractivity contribution >= 4 is 27.3 Å². The molecule has 0 aliphatic rings. The zero-order valence-electron chi connectivity index (χ0n) is 10.8. The Balaban J connectivity index is 2.22. The molecular weight excluding hydrogens is 324 g/mol. The van der Waals surface area contributed by atoms with Crippen LogP contribution < -0.4 is 10.1 Å². The highest BCUT2D eigenvalue weighted by Gasteiger charge is 2.14. The van der Waals surface area contributed by atoms with Crippen LogP contribution in [0.3, 0.4) is 0 Å². The molecule has 2 aromatic rings. The van der Waals surface area contributed by atoms with Gasteiger partial charge >= 0.3 is 0 Å².